The molecule has 1 N–H and O–H groups in total. The van der Waals surface area contributed by atoms with E-state index >= 15 is 0 Å². The molecule has 3 nitrogen and oxygen atoms in total. The molecule has 0 radical (unpaired) electrons. The second-order valence-electron chi connectivity index (χ2n) is 5.15. The highest BCUT2D eigenvalue weighted by Crippen LogP contribution is 2.27. The lowest BCUT2D eigenvalue weighted by Crippen LogP contribution is -2.26. The SMILES string of the molecule is CCCNC(Cc1ccc(Cl)s1)c1cc(CC)nn1CC. The average Bonchev–Trinajstić information content (AvgIpc) is 3.09. The van der Waals surface area contributed by atoms with E-state index in [1.54, 1.807) is 11.3 Å². The van der Waals surface area contributed by atoms with Crippen molar-refractivity contribution in [2.45, 2.75) is 52.6 Å². The van der Waals surface area contributed by atoms with Crippen molar-refractivity contribution in [3.8, 4) is 0 Å². The van der Waals surface area contributed by atoms with Crippen LogP contribution in [0, 0.1) is 0 Å². The molecule has 0 aliphatic rings. The van der Waals surface area contributed by atoms with Crippen molar-refractivity contribution in [1.82, 2.24) is 15.1 Å². The van der Waals surface area contributed by atoms with Crippen LogP contribution in [0.15, 0.2) is 18.2 Å². The monoisotopic (exact) mass is 325 g/mol. The standard InChI is InChI=1S/C16H24ClN3S/c1-4-9-18-14(11-13-7-8-16(17)21-13)15-10-12(5-2)19-20(15)6-3/h7-8,10,14,18H,4-6,9,11H2,1-3H3. The second kappa shape index (κ2) is 7.97. The van der Waals surface area contributed by atoms with Gasteiger partial charge in [0, 0.05) is 17.8 Å². The third kappa shape index (κ3) is 4.31. The van der Waals surface area contributed by atoms with Crippen molar-refractivity contribution in [3.63, 3.8) is 0 Å². The molecule has 0 amide bonds. The lowest BCUT2D eigenvalue weighted by molar-refractivity contribution is 0.480. The highest BCUT2D eigenvalue weighted by atomic mass is 35.5. The molecule has 0 bridgehead atoms. The topological polar surface area (TPSA) is 29.9 Å². The van der Waals surface area contributed by atoms with Crippen LogP contribution in [0.4, 0.5) is 0 Å². The molecule has 21 heavy (non-hydrogen) atoms. The van der Waals surface area contributed by atoms with Crippen LogP contribution >= 0.6 is 22.9 Å². The molecular formula is C16H24ClN3S. The quantitative estimate of drug-likeness (QED) is 0.776. The van der Waals surface area contributed by atoms with E-state index in [9.17, 15) is 0 Å². The molecule has 0 aliphatic carbocycles. The highest BCUT2D eigenvalue weighted by molar-refractivity contribution is 7.16. The van der Waals surface area contributed by atoms with Gasteiger partial charge in [-0.3, -0.25) is 4.68 Å². The maximum Gasteiger partial charge on any atom is 0.0931 e. The largest absolute Gasteiger partial charge is 0.308 e. The van der Waals surface area contributed by atoms with Gasteiger partial charge in [-0.25, -0.2) is 0 Å². The number of rotatable bonds is 8. The lowest BCUT2D eigenvalue weighted by Gasteiger charge is -2.19. The zero-order valence-corrected chi connectivity index (χ0v) is 14.6. The summed E-state index contributed by atoms with van der Waals surface area (Å²) in [5.74, 6) is 0. The molecule has 2 aromatic heterocycles. The van der Waals surface area contributed by atoms with E-state index in [-0.39, 0.29) is 0 Å². The fraction of sp³-hybridized carbons (Fsp3) is 0.562. The summed E-state index contributed by atoms with van der Waals surface area (Å²) in [7, 11) is 0. The molecule has 1 atom stereocenters. The van der Waals surface area contributed by atoms with Gasteiger partial charge in [0.25, 0.3) is 0 Å². The number of aryl methyl sites for hydroxylation is 2. The van der Waals surface area contributed by atoms with Crippen molar-refractivity contribution >= 4 is 22.9 Å². The predicted octanol–water partition coefficient (Wildman–Crippen LogP) is 4.46. The van der Waals surface area contributed by atoms with Gasteiger partial charge in [0.2, 0.25) is 0 Å². The van der Waals surface area contributed by atoms with Gasteiger partial charge in [0.15, 0.2) is 0 Å². The predicted molar refractivity (Wildman–Crippen MR) is 91.3 cm³/mol. The van der Waals surface area contributed by atoms with Crippen LogP contribution < -0.4 is 5.32 Å². The Morgan fingerprint density at radius 1 is 1.33 bits per heavy atom. The summed E-state index contributed by atoms with van der Waals surface area (Å²) in [6.07, 6.45) is 3.07. The van der Waals surface area contributed by atoms with Gasteiger partial charge < -0.3 is 5.32 Å². The van der Waals surface area contributed by atoms with Gasteiger partial charge >= 0.3 is 0 Å². The van der Waals surface area contributed by atoms with E-state index in [4.69, 9.17) is 11.6 Å². The Labute approximate surface area is 136 Å². The fourth-order valence-electron chi connectivity index (χ4n) is 2.46. The normalized spacial score (nSPS) is 12.8. The van der Waals surface area contributed by atoms with Gasteiger partial charge in [0.1, 0.15) is 0 Å². The average molecular weight is 326 g/mol. The summed E-state index contributed by atoms with van der Waals surface area (Å²) in [5, 5.41) is 8.34. The van der Waals surface area contributed by atoms with Gasteiger partial charge in [-0.05, 0) is 44.5 Å². The molecule has 2 heterocycles. The second-order valence-corrected chi connectivity index (χ2v) is 6.95. The van der Waals surface area contributed by atoms with Crippen molar-refractivity contribution in [1.29, 1.82) is 0 Å². The number of nitrogens with zero attached hydrogens (tertiary/aromatic N) is 2. The van der Waals surface area contributed by atoms with Crippen LogP contribution in [0.3, 0.4) is 0 Å². The van der Waals surface area contributed by atoms with Crippen molar-refractivity contribution < 1.29 is 0 Å². The van der Waals surface area contributed by atoms with Crippen molar-refractivity contribution in [2.75, 3.05) is 6.54 Å². The maximum atomic E-state index is 6.06. The molecule has 1 unspecified atom stereocenters. The van der Waals surface area contributed by atoms with Gasteiger partial charge in [0.05, 0.1) is 21.8 Å². The first-order chi connectivity index (χ1) is 10.2. The zero-order chi connectivity index (χ0) is 15.2. The molecular weight excluding hydrogens is 302 g/mol. The first kappa shape index (κ1) is 16.5. The summed E-state index contributed by atoms with van der Waals surface area (Å²) in [6.45, 7) is 8.42. The van der Waals surface area contributed by atoms with Crippen LogP contribution in [0.1, 0.15) is 49.5 Å². The Morgan fingerprint density at radius 2 is 2.14 bits per heavy atom. The summed E-state index contributed by atoms with van der Waals surface area (Å²) >= 11 is 7.73. The number of nitrogens with one attached hydrogen (secondary N) is 1. The number of aromatic nitrogens is 2. The Balaban J connectivity index is 2.23. The highest BCUT2D eigenvalue weighted by Gasteiger charge is 2.18. The minimum absolute atomic E-state index is 0.299. The van der Waals surface area contributed by atoms with Crippen LogP contribution in [0.2, 0.25) is 4.34 Å². The number of hydrogen-bond acceptors (Lipinski definition) is 3. The molecule has 2 aromatic rings. The van der Waals surface area contributed by atoms with E-state index in [1.807, 2.05) is 6.07 Å². The summed E-state index contributed by atoms with van der Waals surface area (Å²) in [4.78, 5) is 1.32. The molecule has 0 aliphatic heterocycles. The molecule has 0 spiro atoms. The van der Waals surface area contributed by atoms with Crippen LogP contribution in [-0.2, 0) is 19.4 Å². The fourth-order valence-corrected chi connectivity index (χ4v) is 3.59. The third-order valence-electron chi connectivity index (χ3n) is 3.56. The molecule has 5 heteroatoms. The number of hydrogen-bond donors (Lipinski definition) is 1. The lowest BCUT2D eigenvalue weighted by atomic mass is 10.1. The Kier molecular flexibility index (Phi) is 6.27. The zero-order valence-electron chi connectivity index (χ0n) is 13.0. The summed E-state index contributed by atoms with van der Waals surface area (Å²) < 4.78 is 2.99. The Bertz CT molecular complexity index is 562. The third-order valence-corrected chi connectivity index (χ3v) is 4.81. The van der Waals surface area contributed by atoms with E-state index in [1.165, 1.54) is 16.3 Å². The molecule has 116 valence electrons. The van der Waals surface area contributed by atoms with E-state index < -0.39 is 0 Å². The van der Waals surface area contributed by atoms with Gasteiger partial charge in [-0.15, -0.1) is 11.3 Å². The Morgan fingerprint density at radius 3 is 2.71 bits per heavy atom. The minimum atomic E-state index is 0.299. The first-order valence-electron chi connectivity index (χ1n) is 7.72. The molecule has 2 rings (SSSR count). The summed E-state index contributed by atoms with van der Waals surface area (Å²) in [5.41, 5.74) is 2.45. The molecule has 0 fully saturated rings. The van der Waals surface area contributed by atoms with E-state index in [2.05, 4.69) is 48.0 Å². The smallest absolute Gasteiger partial charge is 0.0931 e. The van der Waals surface area contributed by atoms with Crippen LogP contribution in [-0.4, -0.2) is 16.3 Å². The van der Waals surface area contributed by atoms with Crippen LogP contribution in [0.5, 0.6) is 0 Å². The Hall–Kier alpha value is -0.840. The van der Waals surface area contributed by atoms with Gasteiger partial charge in [-0.2, -0.15) is 5.10 Å². The summed E-state index contributed by atoms with van der Waals surface area (Å²) in [6, 6.07) is 6.65. The molecule has 0 aromatic carbocycles. The minimum Gasteiger partial charge on any atom is -0.308 e. The van der Waals surface area contributed by atoms with Crippen LogP contribution in [0.25, 0.3) is 0 Å². The van der Waals surface area contributed by atoms with Crippen molar-refractivity contribution in [2.24, 2.45) is 0 Å². The number of halogens is 1. The molecule has 0 saturated heterocycles. The van der Waals surface area contributed by atoms with E-state index in [0.717, 1.165) is 36.7 Å². The van der Waals surface area contributed by atoms with Crippen molar-refractivity contribution in [3.05, 3.63) is 38.8 Å². The number of thiophene rings is 1. The molecule has 0 saturated carbocycles. The van der Waals surface area contributed by atoms with E-state index in [0.29, 0.717) is 6.04 Å². The maximum absolute atomic E-state index is 6.06. The van der Waals surface area contributed by atoms with Gasteiger partial charge in [-0.1, -0.05) is 25.4 Å². The first-order valence-corrected chi connectivity index (χ1v) is 8.91.